The zero-order valence-electron chi connectivity index (χ0n) is 15.1. The maximum Gasteiger partial charge on any atom is 0.252 e. The molecule has 1 aliphatic rings. The average Bonchev–Trinajstić information content (AvgIpc) is 2.65. The lowest BCUT2D eigenvalue weighted by molar-refractivity contribution is 0.0912. The van der Waals surface area contributed by atoms with E-state index in [0.29, 0.717) is 12.1 Å². The Morgan fingerprint density at radius 1 is 1.24 bits per heavy atom. The Balaban J connectivity index is 1.72. The van der Waals surface area contributed by atoms with Gasteiger partial charge in [-0.15, -0.1) is 0 Å². The molecule has 1 atom stereocenters. The molecule has 1 amide bonds. The van der Waals surface area contributed by atoms with Gasteiger partial charge in [0, 0.05) is 18.9 Å². The van der Waals surface area contributed by atoms with Gasteiger partial charge in [0.2, 0.25) is 0 Å². The highest BCUT2D eigenvalue weighted by atomic mass is 16.1. The van der Waals surface area contributed by atoms with Crippen LogP contribution >= 0.6 is 0 Å². The number of nitrogens with zero attached hydrogens (tertiary/aromatic N) is 2. The normalized spacial score (nSPS) is 17.2. The summed E-state index contributed by atoms with van der Waals surface area (Å²) in [5.41, 5.74) is 3.14. The van der Waals surface area contributed by atoms with Crippen LogP contribution in [0.2, 0.25) is 0 Å². The number of aryl methyl sites for hydroxylation is 1. The van der Waals surface area contributed by atoms with Crippen molar-refractivity contribution >= 4 is 5.91 Å². The molecule has 2 aromatic rings. The fraction of sp³-hybridized carbons (Fsp3) is 0.429. The molecule has 132 valence electrons. The fourth-order valence-corrected chi connectivity index (χ4v) is 3.38. The number of carbonyl (C=O) groups is 1. The quantitative estimate of drug-likeness (QED) is 0.907. The van der Waals surface area contributed by atoms with E-state index >= 15 is 0 Å². The minimum Gasteiger partial charge on any atom is -0.350 e. The van der Waals surface area contributed by atoms with Crippen LogP contribution in [0.15, 0.2) is 48.8 Å². The summed E-state index contributed by atoms with van der Waals surface area (Å²) in [7, 11) is 0. The van der Waals surface area contributed by atoms with Gasteiger partial charge in [-0.2, -0.15) is 0 Å². The van der Waals surface area contributed by atoms with E-state index in [4.69, 9.17) is 0 Å². The van der Waals surface area contributed by atoms with Crippen LogP contribution in [0.3, 0.4) is 0 Å². The fourth-order valence-electron chi connectivity index (χ4n) is 3.38. The highest BCUT2D eigenvalue weighted by molar-refractivity contribution is 5.93. The standard InChI is InChI=1S/C21H27N3O/c1-16-5-7-18(8-6-16)20(24-12-9-17(2)10-13-24)15-23-21(25)19-4-3-11-22-14-19/h3-8,11,14,17,20H,9-10,12-13,15H2,1-2H3,(H,23,25). The maximum atomic E-state index is 12.4. The third kappa shape index (κ3) is 4.67. The molecule has 1 saturated heterocycles. The molecule has 3 rings (SSSR count). The van der Waals surface area contributed by atoms with E-state index in [2.05, 4.69) is 53.3 Å². The molecule has 0 radical (unpaired) electrons. The van der Waals surface area contributed by atoms with Crippen molar-refractivity contribution in [1.82, 2.24) is 15.2 Å². The lowest BCUT2D eigenvalue weighted by atomic mass is 9.95. The first kappa shape index (κ1) is 17.6. The number of aromatic nitrogens is 1. The second-order valence-electron chi connectivity index (χ2n) is 7.10. The Kier molecular flexibility index (Phi) is 5.82. The predicted octanol–water partition coefficient (Wildman–Crippen LogP) is 3.59. The summed E-state index contributed by atoms with van der Waals surface area (Å²) in [5, 5.41) is 3.10. The molecule has 1 aromatic heterocycles. The lowest BCUT2D eigenvalue weighted by Gasteiger charge is -2.37. The van der Waals surface area contributed by atoms with E-state index in [0.717, 1.165) is 19.0 Å². The van der Waals surface area contributed by atoms with E-state index in [1.165, 1.54) is 24.0 Å². The number of nitrogens with one attached hydrogen (secondary N) is 1. The van der Waals surface area contributed by atoms with Crippen LogP contribution in [-0.2, 0) is 0 Å². The first-order valence-corrected chi connectivity index (χ1v) is 9.12. The van der Waals surface area contributed by atoms with Crippen LogP contribution in [0, 0.1) is 12.8 Å². The predicted molar refractivity (Wildman–Crippen MR) is 100 cm³/mol. The molecule has 1 N–H and O–H groups in total. The van der Waals surface area contributed by atoms with Gasteiger partial charge in [0.05, 0.1) is 11.6 Å². The summed E-state index contributed by atoms with van der Waals surface area (Å²) in [6.45, 7) is 7.21. The second-order valence-corrected chi connectivity index (χ2v) is 7.10. The maximum absolute atomic E-state index is 12.4. The first-order chi connectivity index (χ1) is 12.1. The number of benzene rings is 1. The largest absolute Gasteiger partial charge is 0.350 e. The second kappa shape index (κ2) is 8.26. The number of carbonyl (C=O) groups excluding carboxylic acids is 1. The van der Waals surface area contributed by atoms with Gasteiger partial charge in [0.15, 0.2) is 0 Å². The summed E-state index contributed by atoms with van der Waals surface area (Å²) in [5.74, 6) is 0.732. The number of pyridine rings is 1. The van der Waals surface area contributed by atoms with Crippen LogP contribution in [0.4, 0.5) is 0 Å². The Hall–Kier alpha value is -2.20. The smallest absolute Gasteiger partial charge is 0.252 e. The molecule has 1 unspecified atom stereocenters. The van der Waals surface area contributed by atoms with Crippen molar-refractivity contribution in [2.24, 2.45) is 5.92 Å². The summed E-state index contributed by atoms with van der Waals surface area (Å²) >= 11 is 0. The van der Waals surface area contributed by atoms with Gasteiger partial charge in [-0.3, -0.25) is 14.7 Å². The van der Waals surface area contributed by atoms with Gasteiger partial charge in [0.25, 0.3) is 5.91 Å². The highest BCUT2D eigenvalue weighted by Crippen LogP contribution is 2.26. The summed E-state index contributed by atoms with van der Waals surface area (Å²) in [6, 6.07) is 12.5. The topological polar surface area (TPSA) is 45.2 Å². The zero-order chi connectivity index (χ0) is 17.6. The van der Waals surface area contributed by atoms with E-state index < -0.39 is 0 Å². The molecule has 2 heterocycles. The molecule has 0 aliphatic carbocycles. The van der Waals surface area contributed by atoms with Crippen molar-refractivity contribution in [1.29, 1.82) is 0 Å². The molecule has 0 spiro atoms. The van der Waals surface area contributed by atoms with Crippen molar-refractivity contribution < 1.29 is 4.79 Å². The summed E-state index contributed by atoms with van der Waals surface area (Å²) in [4.78, 5) is 18.9. The zero-order valence-corrected chi connectivity index (χ0v) is 15.1. The molecular weight excluding hydrogens is 310 g/mol. The number of rotatable bonds is 5. The van der Waals surface area contributed by atoms with E-state index in [1.807, 2.05) is 0 Å². The van der Waals surface area contributed by atoms with Crippen LogP contribution in [0.25, 0.3) is 0 Å². The monoisotopic (exact) mass is 337 g/mol. The Morgan fingerprint density at radius 2 is 1.96 bits per heavy atom. The van der Waals surface area contributed by atoms with Gasteiger partial charge in [-0.25, -0.2) is 0 Å². The van der Waals surface area contributed by atoms with Crippen molar-refractivity contribution in [2.75, 3.05) is 19.6 Å². The third-order valence-corrected chi connectivity index (χ3v) is 5.10. The number of likely N-dealkylation sites (tertiary alicyclic amines) is 1. The minimum absolute atomic E-state index is 0.0596. The summed E-state index contributed by atoms with van der Waals surface area (Å²) in [6.07, 6.45) is 5.73. The van der Waals surface area contributed by atoms with Crippen molar-refractivity contribution in [3.05, 3.63) is 65.5 Å². The lowest BCUT2D eigenvalue weighted by Crippen LogP contribution is -2.42. The molecule has 25 heavy (non-hydrogen) atoms. The van der Waals surface area contributed by atoms with Gasteiger partial charge < -0.3 is 5.32 Å². The number of hydrogen-bond acceptors (Lipinski definition) is 3. The molecular formula is C21H27N3O. The SMILES string of the molecule is Cc1ccc(C(CNC(=O)c2cccnc2)N2CCC(C)CC2)cc1. The van der Waals surface area contributed by atoms with Gasteiger partial charge in [0.1, 0.15) is 0 Å². The summed E-state index contributed by atoms with van der Waals surface area (Å²) < 4.78 is 0. The van der Waals surface area contributed by atoms with Crippen LogP contribution < -0.4 is 5.32 Å². The molecule has 0 saturated carbocycles. The number of hydrogen-bond donors (Lipinski definition) is 1. The van der Waals surface area contributed by atoms with Gasteiger partial charge >= 0.3 is 0 Å². The van der Waals surface area contributed by atoms with Crippen LogP contribution in [0.1, 0.15) is 47.3 Å². The molecule has 1 aliphatic heterocycles. The Bertz CT molecular complexity index is 676. The van der Waals surface area contributed by atoms with E-state index in [1.54, 1.807) is 24.5 Å². The first-order valence-electron chi connectivity index (χ1n) is 9.12. The van der Waals surface area contributed by atoms with Crippen molar-refractivity contribution in [3.8, 4) is 0 Å². The number of amides is 1. The number of piperidine rings is 1. The van der Waals surface area contributed by atoms with E-state index in [-0.39, 0.29) is 11.9 Å². The van der Waals surface area contributed by atoms with Gasteiger partial charge in [-0.1, -0.05) is 36.8 Å². The van der Waals surface area contributed by atoms with Crippen LogP contribution in [-0.4, -0.2) is 35.4 Å². The molecule has 4 heteroatoms. The van der Waals surface area contributed by atoms with Crippen LogP contribution in [0.5, 0.6) is 0 Å². The molecule has 1 fully saturated rings. The minimum atomic E-state index is -0.0596. The average molecular weight is 337 g/mol. The molecule has 4 nitrogen and oxygen atoms in total. The van der Waals surface area contributed by atoms with Crippen molar-refractivity contribution in [2.45, 2.75) is 32.7 Å². The third-order valence-electron chi connectivity index (χ3n) is 5.10. The Morgan fingerprint density at radius 3 is 2.60 bits per heavy atom. The Labute approximate surface area is 150 Å². The molecule has 1 aromatic carbocycles. The van der Waals surface area contributed by atoms with Crippen molar-refractivity contribution in [3.63, 3.8) is 0 Å². The van der Waals surface area contributed by atoms with E-state index in [9.17, 15) is 4.79 Å². The molecule has 0 bridgehead atoms. The van der Waals surface area contributed by atoms with Gasteiger partial charge in [-0.05, 0) is 56.5 Å². The highest BCUT2D eigenvalue weighted by Gasteiger charge is 2.25.